The quantitative estimate of drug-likeness (QED) is 0.463. The van der Waals surface area contributed by atoms with Crippen molar-refractivity contribution in [1.82, 2.24) is 10.3 Å². The lowest BCUT2D eigenvalue weighted by Crippen LogP contribution is -2.25. The summed E-state index contributed by atoms with van der Waals surface area (Å²) in [6.45, 7) is 1.68. The second-order valence-electron chi connectivity index (χ2n) is 7.15. The number of aryl methyl sites for hydroxylation is 1. The number of rotatable bonds is 7. The molecule has 0 spiro atoms. The first-order valence-electron chi connectivity index (χ1n) is 10.0. The van der Waals surface area contributed by atoms with E-state index in [2.05, 4.69) is 15.6 Å². The molecule has 2 amide bonds. The number of anilines is 1. The molecule has 0 fully saturated rings. The number of nitriles is 1. The Morgan fingerprint density at radius 2 is 1.76 bits per heavy atom. The number of halogens is 3. The number of hydrogen-bond donors (Lipinski definition) is 2. The average Bonchev–Trinajstić information content (AvgIpc) is 2.81. The van der Waals surface area contributed by atoms with Gasteiger partial charge in [-0.05, 0) is 30.7 Å². The van der Waals surface area contributed by atoms with Crippen molar-refractivity contribution in [3.05, 3.63) is 88.6 Å². The zero-order chi connectivity index (χ0) is 24.7. The molecular formula is C24H19F3N4O2S. The number of nitrogens with zero attached hydrogens (tertiary/aromatic N) is 2. The first-order valence-corrected chi connectivity index (χ1v) is 11.0. The smallest absolute Gasteiger partial charge is 0.348 e. The molecule has 34 heavy (non-hydrogen) atoms. The minimum Gasteiger partial charge on any atom is -0.348 e. The molecule has 174 valence electrons. The molecule has 0 saturated carbocycles. The van der Waals surface area contributed by atoms with E-state index in [0.29, 0.717) is 6.54 Å². The minimum absolute atomic E-state index is 0.0784. The average molecular weight is 485 g/mol. The number of benzene rings is 2. The molecule has 0 atom stereocenters. The van der Waals surface area contributed by atoms with Gasteiger partial charge in [-0.2, -0.15) is 18.4 Å². The molecule has 6 nitrogen and oxygen atoms in total. The summed E-state index contributed by atoms with van der Waals surface area (Å²) < 4.78 is 39.8. The lowest BCUT2D eigenvalue weighted by molar-refractivity contribution is -0.138. The van der Waals surface area contributed by atoms with Gasteiger partial charge in [0.25, 0.3) is 5.91 Å². The fourth-order valence-corrected chi connectivity index (χ4v) is 3.91. The summed E-state index contributed by atoms with van der Waals surface area (Å²) in [6, 6.07) is 18.0. The maximum atomic E-state index is 13.3. The van der Waals surface area contributed by atoms with E-state index in [1.54, 1.807) is 24.3 Å². The largest absolute Gasteiger partial charge is 0.417 e. The van der Waals surface area contributed by atoms with Gasteiger partial charge in [0.2, 0.25) is 5.91 Å². The van der Waals surface area contributed by atoms with Gasteiger partial charge in [-0.1, -0.05) is 54.2 Å². The van der Waals surface area contributed by atoms with Crippen LogP contribution in [0.15, 0.2) is 65.7 Å². The Morgan fingerprint density at radius 3 is 2.44 bits per heavy atom. The highest BCUT2D eigenvalue weighted by atomic mass is 32.2. The fraction of sp³-hybridized carbons (Fsp3) is 0.167. The van der Waals surface area contributed by atoms with E-state index < -0.39 is 29.1 Å². The maximum Gasteiger partial charge on any atom is 0.417 e. The van der Waals surface area contributed by atoms with Crippen molar-refractivity contribution in [2.45, 2.75) is 24.7 Å². The summed E-state index contributed by atoms with van der Waals surface area (Å²) in [5.74, 6) is -1.26. The highest BCUT2D eigenvalue weighted by Gasteiger charge is 2.35. The molecule has 1 heterocycles. The van der Waals surface area contributed by atoms with Crippen molar-refractivity contribution in [3.8, 4) is 6.07 Å². The Morgan fingerprint density at radius 1 is 1.09 bits per heavy atom. The predicted octanol–water partition coefficient (Wildman–Crippen LogP) is 4.94. The highest BCUT2D eigenvalue weighted by molar-refractivity contribution is 8.00. The normalized spacial score (nSPS) is 10.9. The van der Waals surface area contributed by atoms with Gasteiger partial charge in [0.05, 0.1) is 28.1 Å². The first-order chi connectivity index (χ1) is 16.2. The monoisotopic (exact) mass is 484 g/mol. The van der Waals surface area contributed by atoms with Crippen LogP contribution in [0.5, 0.6) is 0 Å². The lowest BCUT2D eigenvalue weighted by Gasteiger charge is -2.13. The van der Waals surface area contributed by atoms with Gasteiger partial charge in [0.1, 0.15) is 11.1 Å². The third kappa shape index (κ3) is 6.36. The molecule has 0 radical (unpaired) electrons. The van der Waals surface area contributed by atoms with Crippen LogP contribution in [0.3, 0.4) is 0 Å². The van der Waals surface area contributed by atoms with Crippen LogP contribution in [0.1, 0.15) is 32.7 Å². The first kappa shape index (κ1) is 24.8. The van der Waals surface area contributed by atoms with Gasteiger partial charge < -0.3 is 10.6 Å². The van der Waals surface area contributed by atoms with E-state index in [9.17, 15) is 28.0 Å². The number of carbonyl (C=O) groups is 2. The van der Waals surface area contributed by atoms with Crippen LogP contribution in [-0.2, 0) is 17.5 Å². The SMILES string of the molecule is Cc1cc(C(F)(F)F)c(C#N)c(SCC(=O)Nc2ccccc2C(=O)NCc2ccccc2)n1. The number of aromatic nitrogens is 1. The molecule has 1 aromatic heterocycles. The van der Waals surface area contributed by atoms with E-state index >= 15 is 0 Å². The van der Waals surface area contributed by atoms with Gasteiger partial charge in [-0.25, -0.2) is 4.98 Å². The lowest BCUT2D eigenvalue weighted by atomic mass is 10.1. The number of thioether (sulfide) groups is 1. The number of alkyl halides is 3. The molecule has 0 aliphatic carbocycles. The van der Waals surface area contributed by atoms with Gasteiger partial charge in [-0.3, -0.25) is 9.59 Å². The van der Waals surface area contributed by atoms with E-state index in [0.717, 1.165) is 23.4 Å². The van der Waals surface area contributed by atoms with Crippen LogP contribution in [0.25, 0.3) is 0 Å². The standard InChI is InChI=1S/C24H19F3N4O2S/c1-15-11-19(24(25,26)27)18(12-28)23(30-15)34-14-21(32)31-20-10-6-5-9-17(20)22(33)29-13-16-7-3-2-4-8-16/h2-11H,13-14H2,1H3,(H,29,33)(H,31,32). The summed E-state index contributed by atoms with van der Waals surface area (Å²) in [5.41, 5.74) is -0.238. The van der Waals surface area contributed by atoms with Crippen LogP contribution >= 0.6 is 11.8 Å². The Bertz CT molecular complexity index is 1240. The number of pyridine rings is 1. The third-order valence-corrected chi connectivity index (χ3v) is 5.59. The number of para-hydroxylation sites is 1. The Kier molecular flexibility index (Phi) is 7.91. The number of hydrogen-bond acceptors (Lipinski definition) is 5. The molecule has 2 aromatic carbocycles. The van der Waals surface area contributed by atoms with Gasteiger partial charge in [-0.15, -0.1) is 0 Å². The van der Waals surface area contributed by atoms with Crippen LogP contribution in [0.4, 0.5) is 18.9 Å². The van der Waals surface area contributed by atoms with Crippen LogP contribution in [0, 0.1) is 18.3 Å². The number of nitrogens with one attached hydrogen (secondary N) is 2. The number of carbonyl (C=O) groups excluding carboxylic acids is 2. The summed E-state index contributed by atoms with van der Waals surface area (Å²) in [6.07, 6.45) is -4.72. The molecular weight excluding hydrogens is 465 g/mol. The summed E-state index contributed by atoms with van der Waals surface area (Å²) in [5, 5.41) is 14.4. The zero-order valence-corrected chi connectivity index (χ0v) is 18.8. The molecule has 3 rings (SSSR count). The predicted molar refractivity (Wildman–Crippen MR) is 122 cm³/mol. The van der Waals surface area contributed by atoms with Crippen LogP contribution in [0.2, 0.25) is 0 Å². The van der Waals surface area contributed by atoms with Crippen molar-refractivity contribution in [1.29, 1.82) is 5.26 Å². The van der Waals surface area contributed by atoms with Gasteiger partial charge >= 0.3 is 6.18 Å². The van der Waals surface area contributed by atoms with E-state index in [4.69, 9.17) is 0 Å². The van der Waals surface area contributed by atoms with Crippen LogP contribution < -0.4 is 10.6 Å². The maximum absolute atomic E-state index is 13.3. The molecule has 0 aliphatic heterocycles. The van der Waals surface area contributed by atoms with Crippen molar-refractivity contribution in [2.24, 2.45) is 0 Å². The van der Waals surface area contributed by atoms with Crippen molar-refractivity contribution in [2.75, 3.05) is 11.1 Å². The second kappa shape index (κ2) is 10.9. The topological polar surface area (TPSA) is 94.9 Å². The fourth-order valence-electron chi connectivity index (χ4n) is 3.06. The molecule has 0 unspecified atom stereocenters. The van der Waals surface area contributed by atoms with Gasteiger partial charge in [0, 0.05) is 12.2 Å². The third-order valence-electron chi connectivity index (χ3n) is 4.61. The van der Waals surface area contributed by atoms with Crippen molar-refractivity contribution >= 4 is 29.3 Å². The number of amides is 2. The van der Waals surface area contributed by atoms with Crippen molar-refractivity contribution in [3.63, 3.8) is 0 Å². The summed E-state index contributed by atoms with van der Waals surface area (Å²) >= 11 is 0.719. The van der Waals surface area contributed by atoms with E-state index in [-0.39, 0.29) is 27.7 Å². The second-order valence-corrected chi connectivity index (χ2v) is 8.12. The molecule has 0 saturated heterocycles. The van der Waals surface area contributed by atoms with Gasteiger partial charge in [0.15, 0.2) is 0 Å². The Labute approximate surface area is 198 Å². The molecule has 2 N–H and O–H groups in total. The molecule has 10 heteroatoms. The van der Waals surface area contributed by atoms with E-state index in [1.165, 1.54) is 13.0 Å². The van der Waals surface area contributed by atoms with Crippen LogP contribution in [-0.4, -0.2) is 22.6 Å². The highest BCUT2D eigenvalue weighted by Crippen LogP contribution is 2.35. The zero-order valence-electron chi connectivity index (χ0n) is 17.9. The Balaban J connectivity index is 1.69. The summed E-state index contributed by atoms with van der Waals surface area (Å²) in [7, 11) is 0. The minimum atomic E-state index is -4.72. The molecule has 0 bridgehead atoms. The summed E-state index contributed by atoms with van der Waals surface area (Å²) in [4.78, 5) is 29.1. The van der Waals surface area contributed by atoms with E-state index in [1.807, 2.05) is 30.3 Å². The Hall–Kier alpha value is -3.84. The van der Waals surface area contributed by atoms with Crippen molar-refractivity contribution < 1.29 is 22.8 Å². The molecule has 0 aliphatic rings. The molecule has 3 aromatic rings.